The van der Waals surface area contributed by atoms with E-state index >= 15 is 0 Å². The van der Waals surface area contributed by atoms with Crippen LogP contribution in [0.3, 0.4) is 0 Å². The van der Waals surface area contributed by atoms with Crippen molar-refractivity contribution in [1.82, 2.24) is 0 Å². The van der Waals surface area contributed by atoms with Crippen LogP contribution >= 0.6 is 0 Å². The Labute approximate surface area is 256 Å². The number of hydrogen-bond acceptors (Lipinski definition) is 4. The molecule has 0 saturated heterocycles. The molecule has 0 bridgehead atoms. The second kappa shape index (κ2) is 24.2. The Morgan fingerprint density at radius 2 is 0.944 bits per heavy atom. The Hall–Kier alpha value is -1.17. The number of halogens is 1. The van der Waals surface area contributed by atoms with Gasteiger partial charge in [0.05, 0.1) is 24.3 Å². The van der Waals surface area contributed by atoms with Crippen molar-refractivity contribution in [2.24, 2.45) is 0 Å². The summed E-state index contributed by atoms with van der Waals surface area (Å²) < 4.78 is 22.6. The summed E-state index contributed by atoms with van der Waals surface area (Å²) in [6.07, 6.45) is 13.6. The average Bonchev–Trinajstić information content (AvgIpc) is 2.88. The van der Waals surface area contributed by atoms with Gasteiger partial charge < -0.3 is 9.47 Å². The molecule has 208 valence electrons. The second-order valence-corrected chi connectivity index (χ2v) is 8.65. The quantitative estimate of drug-likeness (QED) is 0.134. The van der Waals surface area contributed by atoms with Gasteiger partial charge in [0.25, 0.3) is 0 Å². The molecule has 0 aliphatic heterocycles. The third-order valence-corrected chi connectivity index (χ3v) is 5.56. The standard InChI is InChI=1S/C24H38O4.C6H5F.Yb/c1-3-5-7-9-11-15-19-27-23(25)21-17-13-14-18-22(21)24(26)28-20-16-12-10-8-6-4-2;7-6-4-2-1-3-5-6;/h13-14,17-18H,3-12,15-16,19-20H2,1-2H3;1-5H;. The first-order chi connectivity index (χ1) is 17.1. The monoisotopic (exact) mass is 660 g/mol. The summed E-state index contributed by atoms with van der Waals surface area (Å²) in [5.41, 5.74) is 0.586. The Morgan fingerprint density at radius 1 is 0.583 bits per heavy atom. The van der Waals surface area contributed by atoms with Gasteiger partial charge >= 0.3 is 11.9 Å². The predicted molar refractivity (Wildman–Crippen MR) is 140 cm³/mol. The Morgan fingerprint density at radius 3 is 1.31 bits per heavy atom. The molecular weight excluding hydrogens is 616 g/mol. The first-order valence-electron chi connectivity index (χ1n) is 13.2. The molecule has 0 atom stereocenters. The molecular formula is C30H43FO4Yb. The zero-order chi connectivity index (χ0) is 25.6. The molecule has 0 unspecified atom stereocenters. The smallest absolute Gasteiger partial charge is 0.339 e. The summed E-state index contributed by atoms with van der Waals surface area (Å²) >= 11 is 0. The molecule has 0 radical (unpaired) electrons. The van der Waals surface area contributed by atoms with Gasteiger partial charge in [-0.25, -0.2) is 14.0 Å². The SMILES string of the molecule is CCCCCCCCOC(=O)c1ccccc1C(=O)OCCCCCCCC.Fc1ccccc1.[Yb]. The average molecular weight is 660 g/mol. The van der Waals surface area contributed by atoms with Gasteiger partial charge in [-0.1, -0.05) is 108 Å². The van der Waals surface area contributed by atoms with Crippen molar-refractivity contribution in [1.29, 1.82) is 0 Å². The van der Waals surface area contributed by atoms with Crippen LogP contribution in [0.1, 0.15) is 112 Å². The van der Waals surface area contributed by atoms with Crippen molar-refractivity contribution in [3.63, 3.8) is 0 Å². The minimum Gasteiger partial charge on any atom is -0.462 e. The summed E-state index contributed by atoms with van der Waals surface area (Å²) in [4.78, 5) is 24.7. The molecule has 0 fully saturated rings. The first kappa shape index (κ1) is 34.8. The van der Waals surface area contributed by atoms with Crippen LogP contribution in [0.25, 0.3) is 0 Å². The largest absolute Gasteiger partial charge is 0.462 e. The Bertz CT molecular complexity index is 765. The number of hydrogen-bond donors (Lipinski definition) is 0. The van der Waals surface area contributed by atoms with Gasteiger partial charge in [-0.05, 0) is 37.1 Å². The van der Waals surface area contributed by atoms with Crippen molar-refractivity contribution in [3.8, 4) is 0 Å². The van der Waals surface area contributed by atoms with E-state index in [1.807, 2.05) is 0 Å². The number of rotatable bonds is 16. The normalized spacial score (nSPS) is 9.97. The number of ether oxygens (including phenoxy) is 2. The number of carbonyl (C=O) groups is 2. The fraction of sp³-hybridized carbons (Fsp3) is 0.533. The van der Waals surface area contributed by atoms with Crippen LogP contribution in [0, 0.1) is 52.7 Å². The number of unbranched alkanes of at least 4 members (excludes halogenated alkanes) is 10. The molecule has 2 aromatic carbocycles. The molecule has 0 amide bonds. The van der Waals surface area contributed by atoms with Gasteiger partial charge in [0.15, 0.2) is 0 Å². The third kappa shape index (κ3) is 17.3. The zero-order valence-electron chi connectivity index (χ0n) is 21.9. The Balaban J connectivity index is 0.00000131. The molecule has 0 heterocycles. The molecule has 0 N–H and O–H groups in total. The van der Waals surface area contributed by atoms with E-state index in [1.54, 1.807) is 42.5 Å². The van der Waals surface area contributed by atoms with E-state index < -0.39 is 11.9 Å². The van der Waals surface area contributed by atoms with Crippen molar-refractivity contribution in [3.05, 3.63) is 71.5 Å². The van der Waals surface area contributed by atoms with E-state index in [0.29, 0.717) is 24.3 Å². The van der Waals surface area contributed by atoms with E-state index in [4.69, 9.17) is 9.47 Å². The summed E-state index contributed by atoms with van der Waals surface area (Å²) in [5, 5.41) is 0. The minimum atomic E-state index is -0.444. The Kier molecular flexibility index (Phi) is 23.4. The maximum Gasteiger partial charge on any atom is 0.339 e. The van der Waals surface area contributed by atoms with Crippen LogP contribution in [-0.2, 0) is 9.47 Å². The van der Waals surface area contributed by atoms with Crippen LogP contribution in [0.2, 0.25) is 0 Å². The molecule has 36 heavy (non-hydrogen) atoms. The molecule has 4 nitrogen and oxygen atoms in total. The van der Waals surface area contributed by atoms with E-state index in [2.05, 4.69) is 13.8 Å². The van der Waals surface area contributed by atoms with Crippen LogP contribution in [0.5, 0.6) is 0 Å². The molecule has 0 aliphatic rings. The summed E-state index contributed by atoms with van der Waals surface area (Å²) in [7, 11) is 0. The van der Waals surface area contributed by atoms with E-state index in [9.17, 15) is 14.0 Å². The summed E-state index contributed by atoms with van der Waals surface area (Å²) in [6, 6.07) is 14.7. The van der Waals surface area contributed by atoms with Crippen LogP contribution in [0.15, 0.2) is 54.6 Å². The van der Waals surface area contributed by atoms with Gasteiger partial charge in [0.1, 0.15) is 5.82 Å². The van der Waals surface area contributed by atoms with Crippen LogP contribution < -0.4 is 0 Å². The number of carbonyl (C=O) groups excluding carboxylic acids is 2. The van der Waals surface area contributed by atoms with Crippen LogP contribution in [-0.4, -0.2) is 25.2 Å². The van der Waals surface area contributed by atoms with Crippen molar-refractivity contribution < 1.29 is 70.4 Å². The van der Waals surface area contributed by atoms with E-state index in [1.165, 1.54) is 63.5 Å². The van der Waals surface area contributed by atoms with Gasteiger partial charge in [0, 0.05) is 46.9 Å². The fourth-order valence-electron chi connectivity index (χ4n) is 3.50. The number of benzene rings is 2. The summed E-state index contributed by atoms with van der Waals surface area (Å²) in [6.45, 7) is 5.17. The maximum absolute atomic E-state index is 12.4. The summed E-state index contributed by atoms with van der Waals surface area (Å²) in [5.74, 6) is -1.07. The maximum atomic E-state index is 12.4. The number of esters is 2. The fourth-order valence-corrected chi connectivity index (χ4v) is 3.50. The molecule has 0 spiro atoms. The van der Waals surface area contributed by atoms with Gasteiger partial charge in [-0.2, -0.15) is 0 Å². The topological polar surface area (TPSA) is 52.6 Å². The van der Waals surface area contributed by atoms with Crippen molar-refractivity contribution >= 4 is 11.9 Å². The molecule has 2 aromatic rings. The predicted octanol–water partition coefficient (Wildman–Crippen LogP) is 8.55. The zero-order valence-corrected chi connectivity index (χ0v) is 23.6. The van der Waals surface area contributed by atoms with Gasteiger partial charge in [-0.15, -0.1) is 0 Å². The second-order valence-electron chi connectivity index (χ2n) is 8.65. The van der Waals surface area contributed by atoms with E-state index in [0.717, 1.165) is 25.7 Å². The van der Waals surface area contributed by atoms with Gasteiger partial charge in [-0.3, -0.25) is 0 Å². The molecule has 0 aromatic heterocycles. The first-order valence-corrected chi connectivity index (χ1v) is 13.2. The third-order valence-electron chi connectivity index (χ3n) is 5.56. The van der Waals surface area contributed by atoms with Crippen LogP contribution in [0.4, 0.5) is 4.39 Å². The molecule has 0 aliphatic carbocycles. The van der Waals surface area contributed by atoms with Crippen molar-refractivity contribution in [2.75, 3.05) is 13.2 Å². The molecule has 6 heteroatoms. The minimum absolute atomic E-state index is 0. The van der Waals surface area contributed by atoms with E-state index in [-0.39, 0.29) is 52.7 Å². The molecule has 0 saturated carbocycles. The van der Waals surface area contributed by atoms with Crippen molar-refractivity contribution in [2.45, 2.75) is 90.9 Å². The van der Waals surface area contributed by atoms with Gasteiger partial charge in [0.2, 0.25) is 0 Å². The molecule has 2 rings (SSSR count).